The number of nitrogens with one attached hydrogen (secondary N) is 2. The first-order valence-corrected chi connectivity index (χ1v) is 8.23. The zero-order valence-corrected chi connectivity index (χ0v) is 15.6. The van der Waals surface area contributed by atoms with E-state index in [0.29, 0.717) is 5.56 Å². The number of amides is 4. The number of alkyl carbamates (subject to hydrolysis) is 1. The highest BCUT2D eigenvalue weighted by Crippen LogP contribution is 2.31. The van der Waals surface area contributed by atoms with E-state index in [9.17, 15) is 14.4 Å². The van der Waals surface area contributed by atoms with Crippen molar-refractivity contribution in [2.24, 2.45) is 0 Å². The second kappa shape index (κ2) is 7.22. The van der Waals surface area contributed by atoms with E-state index in [1.54, 1.807) is 27.7 Å². The molecule has 8 nitrogen and oxygen atoms in total. The molecular formula is C17H19ClN4O4. The molecule has 4 amide bonds. The smallest absolute Gasteiger partial charge is 0.407 e. The second-order valence-electron chi connectivity index (χ2n) is 6.74. The van der Waals surface area contributed by atoms with Crippen molar-refractivity contribution in [2.75, 3.05) is 11.4 Å². The van der Waals surface area contributed by atoms with Crippen LogP contribution in [0.2, 0.25) is 5.02 Å². The lowest BCUT2D eigenvalue weighted by atomic mass is 10.1. The Morgan fingerprint density at radius 2 is 2.08 bits per heavy atom. The van der Waals surface area contributed by atoms with Crippen LogP contribution in [0.5, 0.6) is 0 Å². The molecule has 9 heteroatoms. The van der Waals surface area contributed by atoms with E-state index < -0.39 is 29.7 Å². The van der Waals surface area contributed by atoms with Gasteiger partial charge in [-0.05, 0) is 45.4 Å². The van der Waals surface area contributed by atoms with Crippen LogP contribution in [0.3, 0.4) is 0 Å². The molecule has 0 aliphatic carbocycles. The summed E-state index contributed by atoms with van der Waals surface area (Å²) < 4.78 is 5.10. The third-order valence-electron chi connectivity index (χ3n) is 3.59. The number of halogens is 1. The normalized spacial score (nSPS) is 16.9. The average Bonchev–Trinajstić information content (AvgIpc) is 2.81. The van der Waals surface area contributed by atoms with Crippen LogP contribution < -0.4 is 15.5 Å². The molecule has 1 saturated heterocycles. The maximum Gasteiger partial charge on any atom is 0.407 e. The quantitative estimate of drug-likeness (QED) is 0.785. The SMILES string of the molecule is Cc1c(N2C(=O)NC(CNC(=O)OC(C)(C)C)C2=O)ccc(C#N)c1Cl. The fourth-order valence-electron chi connectivity index (χ4n) is 2.40. The fourth-order valence-corrected chi connectivity index (χ4v) is 2.60. The maximum absolute atomic E-state index is 12.6. The number of nitrogens with zero attached hydrogens (tertiary/aromatic N) is 2. The van der Waals surface area contributed by atoms with Gasteiger partial charge in [0.25, 0.3) is 5.91 Å². The van der Waals surface area contributed by atoms with Gasteiger partial charge in [0.15, 0.2) is 0 Å². The number of benzene rings is 1. The molecule has 1 aromatic carbocycles. The Hall–Kier alpha value is -2.79. The van der Waals surface area contributed by atoms with Crippen molar-refractivity contribution in [3.63, 3.8) is 0 Å². The van der Waals surface area contributed by atoms with E-state index in [1.807, 2.05) is 6.07 Å². The molecule has 0 radical (unpaired) electrons. The van der Waals surface area contributed by atoms with Crippen molar-refractivity contribution < 1.29 is 19.1 Å². The third-order valence-corrected chi connectivity index (χ3v) is 4.07. The molecule has 1 aromatic rings. The first-order chi connectivity index (χ1) is 12.0. The van der Waals surface area contributed by atoms with Crippen LogP contribution in [-0.4, -0.2) is 36.2 Å². The highest BCUT2D eigenvalue weighted by atomic mass is 35.5. The molecule has 1 heterocycles. The van der Waals surface area contributed by atoms with Crippen LogP contribution >= 0.6 is 11.6 Å². The Bertz CT molecular complexity index is 810. The number of urea groups is 1. The Morgan fingerprint density at radius 3 is 2.65 bits per heavy atom. The number of imide groups is 1. The number of rotatable bonds is 3. The van der Waals surface area contributed by atoms with E-state index in [1.165, 1.54) is 12.1 Å². The van der Waals surface area contributed by atoms with Crippen LogP contribution in [-0.2, 0) is 9.53 Å². The van der Waals surface area contributed by atoms with Gasteiger partial charge in [-0.1, -0.05) is 11.6 Å². The number of nitriles is 1. The van der Waals surface area contributed by atoms with Crippen LogP contribution in [0.1, 0.15) is 31.9 Å². The van der Waals surface area contributed by atoms with Gasteiger partial charge in [0, 0.05) is 0 Å². The largest absolute Gasteiger partial charge is 0.444 e. The molecule has 0 spiro atoms. The van der Waals surface area contributed by atoms with E-state index in [0.717, 1.165) is 4.90 Å². The van der Waals surface area contributed by atoms with E-state index in [2.05, 4.69) is 10.6 Å². The highest BCUT2D eigenvalue weighted by molar-refractivity contribution is 6.33. The van der Waals surface area contributed by atoms with Gasteiger partial charge in [-0.2, -0.15) is 5.26 Å². The summed E-state index contributed by atoms with van der Waals surface area (Å²) in [5.74, 6) is -0.532. The van der Waals surface area contributed by atoms with Crippen molar-refractivity contribution in [3.05, 3.63) is 28.3 Å². The predicted molar refractivity (Wildman–Crippen MR) is 94.9 cm³/mol. The van der Waals surface area contributed by atoms with Crippen molar-refractivity contribution >= 4 is 35.3 Å². The third kappa shape index (κ3) is 4.06. The minimum absolute atomic E-state index is 0.112. The summed E-state index contributed by atoms with van der Waals surface area (Å²) in [5, 5.41) is 14.1. The molecule has 1 aliphatic rings. The minimum Gasteiger partial charge on any atom is -0.444 e. The monoisotopic (exact) mass is 378 g/mol. The molecule has 1 fully saturated rings. The molecule has 2 N–H and O–H groups in total. The minimum atomic E-state index is -0.927. The number of carbonyl (C=O) groups excluding carboxylic acids is 3. The number of carbonyl (C=O) groups is 3. The Morgan fingerprint density at radius 1 is 1.42 bits per heavy atom. The zero-order chi connectivity index (χ0) is 19.6. The Labute approximate surface area is 156 Å². The van der Waals surface area contributed by atoms with Crippen LogP contribution in [0.15, 0.2) is 12.1 Å². The summed E-state index contributed by atoms with van der Waals surface area (Å²) >= 11 is 6.11. The van der Waals surface area contributed by atoms with E-state index in [-0.39, 0.29) is 22.8 Å². The summed E-state index contributed by atoms with van der Waals surface area (Å²) in [6.07, 6.45) is -0.685. The molecule has 1 aliphatic heterocycles. The van der Waals surface area contributed by atoms with Crippen LogP contribution in [0, 0.1) is 18.3 Å². The van der Waals surface area contributed by atoms with Crippen molar-refractivity contribution in [1.82, 2.24) is 10.6 Å². The number of hydrogen-bond donors (Lipinski definition) is 2. The molecule has 0 bridgehead atoms. The highest BCUT2D eigenvalue weighted by Gasteiger charge is 2.40. The Balaban J connectivity index is 2.14. The molecule has 0 saturated carbocycles. The first kappa shape index (κ1) is 19.5. The number of anilines is 1. The lowest BCUT2D eigenvalue weighted by Crippen LogP contribution is -2.43. The summed E-state index contributed by atoms with van der Waals surface area (Å²) in [6, 6.07) is 3.31. The van der Waals surface area contributed by atoms with Gasteiger partial charge in [0.2, 0.25) is 0 Å². The second-order valence-corrected chi connectivity index (χ2v) is 7.12. The molecule has 1 unspecified atom stereocenters. The lowest BCUT2D eigenvalue weighted by molar-refractivity contribution is -0.118. The molecule has 0 aromatic heterocycles. The van der Waals surface area contributed by atoms with Gasteiger partial charge in [0.05, 0.1) is 22.8 Å². The predicted octanol–water partition coefficient (Wildman–Crippen LogP) is 2.47. The van der Waals surface area contributed by atoms with Gasteiger partial charge in [-0.3, -0.25) is 4.79 Å². The van der Waals surface area contributed by atoms with Gasteiger partial charge in [0.1, 0.15) is 17.7 Å². The molecular weight excluding hydrogens is 360 g/mol. The summed E-state index contributed by atoms with van der Waals surface area (Å²) in [6.45, 7) is 6.65. The average molecular weight is 379 g/mol. The summed E-state index contributed by atoms with van der Waals surface area (Å²) in [4.78, 5) is 37.5. The molecule has 26 heavy (non-hydrogen) atoms. The summed E-state index contributed by atoms with van der Waals surface area (Å²) in [7, 11) is 0. The lowest BCUT2D eigenvalue weighted by Gasteiger charge is -2.20. The number of hydrogen-bond acceptors (Lipinski definition) is 5. The van der Waals surface area contributed by atoms with Crippen LogP contribution in [0.4, 0.5) is 15.3 Å². The van der Waals surface area contributed by atoms with Gasteiger partial charge < -0.3 is 15.4 Å². The van der Waals surface area contributed by atoms with Gasteiger partial charge >= 0.3 is 12.1 Å². The van der Waals surface area contributed by atoms with E-state index in [4.69, 9.17) is 21.6 Å². The molecule has 1 atom stereocenters. The van der Waals surface area contributed by atoms with Crippen LogP contribution in [0.25, 0.3) is 0 Å². The number of ether oxygens (including phenoxy) is 1. The van der Waals surface area contributed by atoms with E-state index >= 15 is 0 Å². The van der Waals surface area contributed by atoms with Crippen molar-refractivity contribution in [2.45, 2.75) is 39.3 Å². The zero-order valence-electron chi connectivity index (χ0n) is 14.8. The topological polar surface area (TPSA) is 112 Å². The standard InChI is InChI=1S/C17H19ClN4O4/c1-9-12(6-5-10(7-19)13(9)18)22-14(23)11(21-15(22)24)8-20-16(25)26-17(2,3)4/h5-6,11H,8H2,1-4H3,(H,20,25)(H,21,24). The van der Waals surface area contributed by atoms with Crippen molar-refractivity contribution in [3.8, 4) is 6.07 Å². The van der Waals surface area contributed by atoms with Crippen molar-refractivity contribution in [1.29, 1.82) is 5.26 Å². The maximum atomic E-state index is 12.6. The fraction of sp³-hybridized carbons (Fsp3) is 0.412. The molecule has 2 rings (SSSR count). The van der Waals surface area contributed by atoms with Gasteiger partial charge in [-0.15, -0.1) is 0 Å². The Kier molecular flexibility index (Phi) is 5.42. The summed E-state index contributed by atoms with van der Waals surface area (Å²) in [5.41, 5.74) is 0.310. The first-order valence-electron chi connectivity index (χ1n) is 7.85. The molecule has 138 valence electrons. The van der Waals surface area contributed by atoms with Gasteiger partial charge in [-0.25, -0.2) is 14.5 Å².